The van der Waals surface area contributed by atoms with Crippen molar-refractivity contribution in [1.29, 1.82) is 0 Å². The molecule has 1 saturated heterocycles. The monoisotopic (exact) mass is 372 g/mol. The zero-order chi connectivity index (χ0) is 18.6. The van der Waals surface area contributed by atoms with Crippen LogP contribution in [0.3, 0.4) is 0 Å². The molecule has 0 spiro atoms. The van der Waals surface area contributed by atoms with Crippen LogP contribution in [0.2, 0.25) is 0 Å². The second kappa shape index (κ2) is 6.47. The summed E-state index contributed by atoms with van der Waals surface area (Å²) in [5, 5.41) is 10.1. The Bertz CT molecular complexity index is 710. The maximum absolute atomic E-state index is 10.1. The summed E-state index contributed by atoms with van der Waals surface area (Å²) in [7, 11) is 1.75. The average Bonchev–Trinajstić information content (AvgIpc) is 3.31. The van der Waals surface area contributed by atoms with E-state index in [-0.39, 0.29) is 12.0 Å². The van der Waals surface area contributed by atoms with Crippen LogP contribution in [0.4, 0.5) is 0 Å². The summed E-state index contributed by atoms with van der Waals surface area (Å²) < 4.78 is 17.5. The molecule has 0 unspecified atom stereocenters. The number of ether oxygens (including phenoxy) is 3. The van der Waals surface area contributed by atoms with E-state index in [1.165, 1.54) is 31.2 Å². The fourth-order valence-electron chi connectivity index (χ4n) is 7.28. The molecule has 5 rings (SSSR count). The molecule has 3 fully saturated rings. The third kappa shape index (κ3) is 2.53. The Morgan fingerprint density at radius 2 is 1.96 bits per heavy atom. The SMILES string of the molecule is COc1ccc2c(c1)CC[C@@H]1[C@@H]2CC[C@]2(C)[C@@H](C3(CO)OCCO3)CC[C@@H]12. The van der Waals surface area contributed by atoms with Gasteiger partial charge in [0.15, 0.2) is 5.79 Å². The molecule has 148 valence electrons. The standard InChI is InChI=1S/C23H32O4/c1-22-10-9-18-17-6-4-16(25-2)13-15(17)3-5-19(18)20(22)7-8-21(22)23(14-24)26-11-12-27-23/h4,6,13,18-21,24H,3,5,7-12,14H2,1-2H3/t18-,19-,20+,21+,22+/m1/s1. The van der Waals surface area contributed by atoms with E-state index in [0.717, 1.165) is 24.5 Å². The smallest absolute Gasteiger partial charge is 0.195 e. The summed E-state index contributed by atoms with van der Waals surface area (Å²) in [5.74, 6) is 2.65. The van der Waals surface area contributed by atoms with Crippen molar-refractivity contribution in [2.75, 3.05) is 26.9 Å². The van der Waals surface area contributed by atoms with E-state index in [2.05, 4.69) is 25.1 Å². The van der Waals surface area contributed by atoms with Gasteiger partial charge in [0, 0.05) is 5.92 Å². The molecule has 0 aromatic heterocycles. The average molecular weight is 373 g/mol. The highest BCUT2D eigenvalue weighted by atomic mass is 16.7. The first-order valence-corrected chi connectivity index (χ1v) is 10.7. The first-order valence-electron chi connectivity index (χ1n) is 10.7. The fraction of sp³-hybridized carbons (Fsp3) is 0.739. The van der Waals surface area contributed by atoms with Crippen molar-refractivity contribution in [1.82, 2.24) is 0 Å². The van der Waals surface area contributed by atoms with Crippen molar-refractivity contribution in [3.05, 3.63) is 29.3 Å². The molecule has 0 amide bonds. The molecular formula is C23H32O4. The quantitative estimate of drug-likeness (QED) is 0.874. The zero-order valence-electron chi connectivity index (χ0n) is 16.6. The van der Waals surface area contributed by atoms with E-state index >= 15 is 0 Å². The number of aryl methyl sites for hydroxylation is 1. The first-order chi connectivity index (χ1) is 13.1. The van der Waals surface area contributed by atoms with Gasteiger partial charge in [-0.05, 0) is 85.0 Å². The molecular weight excluding hydrogens is 340 g/mol. The molecule has 1 aliphatic heterocycles. The van der Waals surface area contributed by atoms with E-state index in [9.17, 15) is 5.11 Å². The van der Waals surface area contributed by atoms with Crippen LogP contribution < -0.4 is 4.74 Å². The summed E-state index contributed by atoms with van der Waals surface area (Å²) in [4.78, 5) is 0. The third-order valence-electron chi connectivity index (χ3n) is 8.46. The largest absolute Gasteiger partial charge is 0.497 e. The third-order valence-corrected chi connectivity index (χ3v) is 8.46. The van der Waals surface area contributed by atoms with Gasteiger partial charge in [-0.15, -0.1) is 0 Å². The summed E-state index contributed by atoms with van der Waals surface area (Å²) in [6.07, 6.45) is 7.20. The number of hydrogen-bond acceptors (Lipinski definition) is 4. The molecule has 4 nitrogen and oxygen atoms in total. The van der Waals surface area contributed by atoms with Gasteiger partial charge in [0.1, 0.15) is 5.75 Å². The number of hydrogen-bond donors (Lipinski definition) is 1. The molecule has 3 aliphatic carbocycles. The maximum atomic E-state index is 10.1. The number of fused-ring (bicyclic) bond motifs is 5. The van der Waals surface area contributed by atoms with Crippen molar-refractivity contribution in [2.24, 2.45) is 23.2 Å². The maximum Gasteiger partial charge on any atom is 0.195 e. The van der Waals surface area contributed by atoms with E-state index in [1.807, 2.05) is 0 Å². The van der Waals surface area contributed by atoms with Crippen LogP contribution in [0.1, 0.15) is 56.1 Å². The van der Waals surface area contributed by atoms with E-state index in [0.29, 0.717) is 31.0 Å². The predicted molar refractivity (Wildman–Crippen MR) is 103 cm³/mol. The van der Waals surface area contributed by atoms with E-state index in [1.54, 1.807) is 12.7 Å². The Morgan fingerprint density at radius 1 is 1.15 bits per heavy atom. The minimum absolute atomic E-state index is 0.0172. The van der Waals surface area contributed by atoms with Gasteiger partial charge in [0.25, 0.3) is 0 Å². The zero-order valence-corrected chi connectivity index (χ0v) is 16.6. The lowest BCUT2D eigenvalue weighted by Gasteiger charge is -2.53. The number of aliphatic hydroxyl groups is 1. The normalized spacial score (nSPS) is 39.5. The summed E-state index contributed by atoms with van der Waals surface area (Å²) in [6, 6.07) is 6.70. The van der Waals surface area contributed by atoms with Crippen molar-refractivity contribution >= 4 is 0 Å². The van der Waals surface area contributed by atoms with Crippen molar-refractivity contribution < 1.29 is 19.3 Å². The van der Waals surface area contributed by atoms with Crippen LogP contribution in [0.5, 0.6) is 5.75 Å². The van der Waals surface area contributed by atoms with E-state index < -0.39 is 5.79 Å². The van der Waals surface area contributed by atoms with Crippen LogP contribution in [-0.4, -0.2) is 37.8 Å². The van der Waals surface area contributed by atoms with Gasteiger partial charge in [-0.1, -0.05) is 13.0 Å². The van der Waals surface area contributed by atoms with Gasteiger partial charge in [-0.25, -0.2) is 0 Å². The minimum Gasteiger partial charge on any atom is -0.497 e. The number of rotatable bonds is 3. The molecule has 1 aromatic carbocycles. The Kier molecular flexibility index (Phi) is 4.30. The van der Waals surface area contributed by atoms with Gasteiger partial charge in [0.05, 0.1) is 26.9 Å². The van der Waals surface area contributed by atoms with Gasteiger partial charge >= 0.3 is 0 Å². The number of benzene rings is 1. The Hall–Kier alpha value is -1.10. The Balaban J connectivity index is 1.45. The highest BCUT2D eigenvalue weighted by molar-refractivity contribution is 5.40. The van der Waals surface area contributed by atoms with Crippen LogP contribution >= 0.6 is 0 Å². The molecule has 0 bridgehead atoms. The predicted octanol–water partition coefficient (Wildman–Crippen LogP) is 3.90. The molecule has 5 atom stereocenters. The minimum atomic E-state index is -0.754. The lowest BCUT2D eigenvalue weighted by molar-refractivity contribution is -0.242. The molecule has 1 N–H and O–H groups in total. The molecule has 4 aliphatic rings. The van der Waals surface area contributed by atoms with Crippen LogP contribution in [0.15, 0.2) is 18.2 Å². The highest BCUT2D eigenvalue weighted by Crippen LogP contribution is 2.65. The summed E-state index contributed by atoms with van der Waals surface area (Å²) in [6.45, 7) is 3.66. The number of methoxy groups -OCH3 is 1. The summed E-state index contributed by atoms with van der Waals surface area (Å²) in [5.41, 5.74) is 3.25. The fourth-order valence-corrected chi connectivity index (χ4v) is 7.28. The van der Waals surface area contributed by atoms with Crippen LogP contribution in [0, 0.1) is 23.2 Å². The van der Waals surface area contributed by atoms with Crippen molar-refractivity contribution in [3.8, 4) is 5.75 Å². The van der Waals surface area contributed by atoms with Crippen molar-refractivity contribution in [2.45, 2.75) is 57.2 Å². The topological polar surface area (TPSA) is 47.9 Å². The lowest BCUT2D eigenvalue weighted by Crippen LogP contribution is -2.52. The second-order valence-electron chi connectivity index (χ2n) is 9.32. The molecule has 2 saturated carbocycles. The lowest BCUT2D eigenvalue weighted by atomic mass is 9.53. The van der Waals surface area contributed by atoms with Gasteiger partial charge in [-0.3, -0.25) is 0 Å². The molecule has 27 heavy (non-hydrogen) atoms. The second-order valence-corrected chi connectivity index (χ2v) is 9.32. The highest BCUT2D eigenvalue weighted by Gasteiger charge is 2.62. The number of aliphatic hydroxyl groups excluding tert-OH is 1. The summed E-state index contributed by atoms with van der Waals surface area (Å²) >= 11 is 0. The molecule has 1 heterocycles. The Morgan fingerprint density at radius 3 is 2.70 bits per heavy atom. The first kappa shape index (κ1) is 18.0. The Labute approximate surface area is 162 Å². The van der Waals surface area contributed by atoms with Gasteiger partial charge < -0.3 is 19.3 Å². The van der Waals surface area contributed by atoms with Gasteiger partial charge in [-0.2, -0.15) is 0 Å². The van der Waals surface area contributed by atoms with Crippen LogP contribution in [0.25, 0.3) is 0 Å². The van der Waals surface area contributed by atoms with Gasteiger partial charge in [0.2, 0.25) is 0 Å². The molecule has 4 heteroatoms. The molecule has 0 radical (unpaired) electrons. The molecule has 1 aromatic rings. The van der Waals surface area contributed by atoms with Crippen LogP contribution in [-0.2, 0) is 15.9 Å². The van der Waals surface area contributed by atoms with Crippen molar-refractivity contribution in [3.63, 3.8) is 0 Å². The van der Waals surface area contributed by atoms with E-state index in [4.69, 9.17) is 14.2 Å².